The molecule has 0 aliphatic carbocycles. The van der Waals surface area contributed by atoms with E-state index in [-0.39, 0.29) is 0 Å². The number of hydrogen-bond donors (Lipinski definition) is 2. The number of rotatable bonds is 7. The second kappa shape index (κ2) is 6.35. The van der Waals surface area contributed by atoms with Gasteiger partial charge in [-0.1, -0.05) is 0 Å². The van der Waals surface area contributed by atoms with Gasteiger partial charge in [0.05, 0.1) is 18.3 Å². The highest BCUT2D eigenvalue weighted by atomic mass is 16.5. The normalized spacial score (nSPS) is 14.8. The van der Waals surface area contributed by atoms with E-state index in [1.807, 2.05) is 18.9 Å². The van der Waals surface area contributed by atoms with Gasteiger partial charge in [0.25, 0.3) is 0 Å². The minimum absolute atomic E-state index is 0.354. The second-order valence-corrected chi connectivity index (χ2v) is 4.32. The Kier molecular flexibility index (Phi) is 6.27. The third-order valence-corrected chi connectivity index (χ3v) is 1.69. The number of hydrogen-bond acceptors (Lipinski definition) is 4. The highest BCUT2D eigenvalue weighted by molar-refractivity contribution is 4.71. The smallest absolute Gasteiger partial charge is 0.0900 e. The molecule has 0 aromatic rings. The first-order valence-corrected chi connectivity index (χ1v) is 5.02. The predicted octanol–water partition coefficient (Wildman–Crippen LogP) is 0.0865. The Bertz CT molecular complexity index is 145. The molecule has 0 fully saturated rings. The number of aliphatic hydroxyl groups excluding tert-OH is 1. The Hall–Kier alpha value is -0.160. The monoisotopic (exact) mass is 205 g/mol. The fraction of sp³-hybridized carbons (Fsp3) is 1.00. The summed E-state index contributed by atoms with van der Waals surface area (Å²) in [5.41, 5.74) is -0.722. The number of ether oxygens (including phenoxy) is 1. The van der Waals surface area contributed by atoms with Crippen LogP contribution in [0.1, 0.15) is 20.8 Å². The molecule has 1 atom stereocenters. The van der Waals surface area contributed by atoms with Gasteiger partial charge in [-0.25, -0.2) is 0 Å². The first kappa shape index (κ1) is 13.8. The van der Waals surface area contributed by atoms with Crippen molar-refractivity contribution < 1.29 is 14.9 Å². The Morgan fingerprint density at radius 3 is 2.43 bits per heavy atom. The van der Waals surface area contributed by atoms with Crippen molar-refractivity contribution in [3.05, 3.63) is 0 Å². The largest absolute Gasteiger partial charge is 0.389 e. The summed E-state index contributed by atoms with van der Waals surface area (Å²) in [5.74, 6) is 0. The van der Waals surface area contributed by atoms with Gasteiger partial charge in [0.1, 0.15) is 0 Å². The molecule has 0 saturated carbocycles. The molecule has 0 aromatic heterocycles. The topological polar surface area (TPSA) is 52.9 Å². The molecular weight excluding hydrogens is 182 g/mol. The van der Waals surface area contributed by atoms with Gasteiger partial charge in [0.2, 0.25) is 0 Å². The van der Waals surface area contributed by atoms with Crippen LogP contribution < -0.4 is 0 Å². The Morgan fingerprint density at radius 1 is 1.43 bits per heavy atom. The van der Waals surface area contributed by atoms with Crippen molar-refractivity contribution in [2.24, 2.45) is 0 Å². The molecular formula is C10H23NO3. The van der Waals surface area contributed by atoms with Crippen molar-refractivity contribution in [3.63, 3.8) is 0 Å². The summed E-state index contributed by atoms with van der Waals surface area (Å²) in [6.07, 6.45) is -0.484. The Morgan fingerprint density at radius 2 is 2.00 bits per heavy atom. The van der Waals surface area contributed by atoms with Crippen LogP contribution in [0.5, 0.6) is 0 Å². The van der Waals surface area contributed by atoms with Gasteiger partial charge in [0.15, 0.2) is 0 Å². The average Bonchev–Trinajstić information content (AvgIpc) is 1.96. The van der Waals surface area contributed by atoms with Gasteiger partial charge in [0, 0.05) is 19.7 Å². The molecule has 1 unspecified atom stereocenters. The van der Waals surface area contributed by atoms with Crippen LogP contribution in [0.2, 0.25) is 0 Å². The van der Waals surface area contributed by atoms with E-state index < -0.39 is 11.7 Å². The van der Waals surface area contributed by atoms with Gasteiger partial charge in [-0.3, -0.25) is 0 Å². The summed E-state index contributed by atoms with van der Waals surface area (Å²) < 4.78 is 5.09. The maximum atomic E-state index is 9.52. The lowest BCUT2D eigenvalue weighted by molar-refractivity contribution is 0.000837. The van der Waals surface area contributed by atoms with Crippen molar-refractivity contribution >= 4 is 0 Å². The molecule has 4 nitrogen and oxygen atoms in total. The van der Waals surface area contributed by atoms with Crippen LogP contribution in [-0.2, 0) is 4.74 Å². The van der Waals surface area contributed by atoms with Crippen molar-refractivity contribution in [2.45, 2.75) is 32.5 Å². The van der Waals surface area contributed by atoms with Gasteiger partial charge in [-0.2, -0.15) is 0 Å². The minimum atomic E-state index is -0.722. The zero-order chi connectivity index (χ0) is 11.2. The molecule has 0 aromatic carbocycles. The van der Waals surface area contributed by atoms with E-state index in [0.29, 0.717) is 26.3 Å². The third-order valence-electron chi connectivity index (χ3n) is 1.69. The van der Waals surface area contributed by atoms with Gasteiger partial charge in [-0.05, 0) is 27.8 Å². The van der Waals surface area contributed by atoms with E-state index in [1.54, 1.807) is 13.8 Å². The molecule has 0 rings (SSSR count). The SMILES string of the molecule is CCOCC(O)CN(C)CC(C)(C)O. The number of nitrogens with zero attached hydrogens (tertiary/aromatic N) is 1. The molecule has 0 aliphatic heterocycles. The van der Waals surface area contributed by atoms with E-state index in [0.717, 1.165) is 0 Å². The second-order valence-electron chi connectivity index (χ2n) is 4.32. The van der Waals surface area contributed by atoms with Crippen LogP contribution >= 0.6 is 0 Å². The quantitative estimate of drug-likeness (QED) is 0.618. The van der Waals surface area contributed by atoms with Crippen LogP contribution in [0.15, 0.2) is 0 Å². The van der Waals surface area contributed by atoms with Crippen molar-refractivity contribution in [2.75, 3.05) is 33.4 Å². The van der Waals surface area contributed by atoms with Crippen LogP contribution in [0.3, 0.4) is 0 Å². The maximum absolute atomic E-state index is 9.52. The van der Waals surface area contributed by atoms with Gasteiger partial charge >= 0.3 is 0 Å². The average molecular weight is 205 g/mol. The lowest BCUT2D eigenvalue weighted by Crippen LogP contribution is -2.41. The molecule has 0 bridgehead atoms. The minimum Gasteiger partial charge on any atom is -0.389 e. The van der Waals surface area contributed by atoms with E-state index >= 15 is 0 Å². The van der Waals surface area contributed by atoms with Crippen molar-refractivity contribution in [3.8, 4) is 0 Å². The summed E-state index contributed by atoms with van der Waals surface area (Å²) in [5, 5.41) is 19.0. The Labute approximate surface area is 86.5 Å². The summed E-state index contributed by atoms with van der Waals surface area (Å²) in [6.45, 7) is 7.42. The zero-order valence-electron chi connectivity index (χ0n) is 9.66. The van der Waals surface area contributed by atoms with E-state index in [1.165, 1.54) is 0 Å². The summed E-state index contributed by atoms with van der Waals surface area (Å²) in [7, 11) is 1.87. The molecule has 86 valence electrons. The number of likely N-dealkylation sites (N-methyl/N-ethyl adjacent to an activating group) is 1. The van der Waals surface area contributed by atoms with E-state index in [2.05, 4.69) is 0 Å². The highest BCUT2D eigenvalue weighted by Gasteiger charge is 2.17. The standard InChI is InChI=1S/C10H23NO3/c1-5-14-7-9(12)6-11(4)8-10(2,3)13/h9,12-13H,5-8H2,1-4H3. The summed E-state index contributed by atoms with van der Waals surface area (Å²) in [4.78, 5) is 1.89. The van der Waals surface area contributed by atoms with Crippen molar-refractivity contribution in [1.29, 1.82) is 0 Å². The van der Waals surface area contributed by atoms with Crippen molar-refractivity contribution in [1.82, 2.24) is 4.90 Å². The van der Waals surface area contributed by atoms with E-state index in [9.17, 15) is 10.2 Å². The molecule has 0 heterocycles. The molecule has 0 spiro atoms. The lowest BCUT2D eigenvalue weighted by atomic mass is 10.1. The fourth-order valence-electron chi connectivity index (χ4n) is 1.39. The Balaban J connectivity index is 3.65. The molecule has 0 saturated heterocycles. The predicted molar refractivity (Wildman–Crippen MR) is 56.3 cm³/mol. The first-order valence-electron chi connectivity index (χ1n) is 5.02. The fourth-order valence-corrected chi connectivity index (χ4v) is 1.39. The zero-order valence-corrected chi connectivity index (χ0v) is 9.66. The first-order chi connectivity index (χ1) is 6.35. The lowest BCUT2D eigenvalue weighted by Gasteiger charge is -2.27. The van der Waals surface area contributed by atoms with Crippen LogP contribution in [0, 0.1) is 0 Å². The molecule has 4 heteroatoms. The molecule has 0 radical (unpaired) electrons. The molecule has 0 amide bonds. The van der Waals surface area contributed by atoms with Crippen LogP contribution in [0.4, 0.5) is 0 Å². The third kappa shape index (κ3) is 8.44. The van der Waals surface area contributed by atoms with Gasteiger partial charge < -0.3 is 19.8 Å². The van der Waals surface area contributed by atoms with Gasteiger partial charge in [-0.15, -0.1) is 0 Å². The molecule has 2 N–H and O–H groups in total. The number of aliphatic hydroxyl groups is 2. The van der Waals surface area contributed by atoms with Crippen LogP contribution in [0.25, 0.3) is 0 Å². The molecule has 14 heavy (non-hydrogen) atoms. The highest BCUT2D eigenvalue weighted by Crippen LogP contribution is 2.03. The molecule has 0 aliphatic rings. The van der Waals surface area contributed by atoms with E-state index in [4.69, 9.17) is 4.74 Å². The maximum Gasteiger partial charge on any atom is 0.0900 e. The summed E-state index contributed by atoms with van der Waals surface area (Å²) >= 11 is 0. The van der Waals surface area contributed by atoms with Crippen LogP contribution in [-0.4, -0.2) is 60.2 Å². The summed E-state index contributed by atoms with van der Waals surface area (Å²) in [6, 6.07) is 0.